The molecule has 2 aromatic rings. The molecule has 1 unspecified atom stereocenters. The highest BCUT2D eigenvalue weighted by atomic mass is 35.5. The average Bonchev–Trinajstić information content (AvgIpc) is 3.11. The topological polar surface area (TPSA) is 105 Å². The number of amides is 1. The van der Waals surface area contributed by atoms with E-state index in [9.17, 15) is 14.1 Å². The first-order chi connectivity index (χ1) is 20.4. The number of ether oxygens (including phenoxy) is 1. The molecule has 0 saturated heterocycles. The van der Waals surface area contributed by atoms with Crippen LogP contribution in [-0.2, 0) is 21.5 Å². The number of nitrogens with zero attached hydrogens (tertiary/aromatic N) is 1. The van der Waals surface area contributed by atoms with E-state index in [4.69, 9.17) is 22.1 Å². The molecule has 234 valence electrons. The minimum Gasteiger partial charge on any atom is -0.490 e. The van der Waals surface area contributed by atoms with Crippen LogP contribution in [0.15, 0.2) is 36.4 Å². The smallest absolute Gasteiger partial charge is 0.262 e. The van der Waals surface area contributed by atoms with Gasteiger partial charge in [0.1, 0.15) is 5.75 Å². The lowest BCUT2D eigenvalue weighted by Crippen LogP contribution is -2.55. The molecule has 2 aliphatic heterocycles. The van der Waals surface area contributed by atoms with Gasteiger partial charge in [-0.3, -0.25) is 9.52 Å². The summed E-state index contributed by atoms with van der Waals surface area (Å²) in [7, 11) is -2.92. The second kappa shape index (κ2) is 11.6. The summed E-state index contributed by atoms with van der Waals surface area (Å²) >= 11 is 6.42. The van der Waals surface area contributed by atoms with Crippen LogP contribution in [0.2, 0.25) is 5.02 Å². The molecule has 2 aliphatic carbocycles. The van der Waals surface area contributed by atoms with Gasteiger partial charge in [0, 0.05) is 40.9 Å². The molecule has 1 fully saturated rings. The molecule has 6 rings (SSSR count). The summed E-state index contributed by atoms with van der Waals surface area (Å²) in [6, 6.07) is 11.7. The van der Waals surface area contributed by atoms with Crippen molar-refractivity contribution < 1.29 is 18.8 Å². The van der Waals surface area contributed by atoms with Gasteiger partial charge in [0.15, 0.2) is 0 Å². The lowest BCUT2D eigenvalue weighted by Gasteiger charge is -2.50. The normalized spacial score (nSPS) is 36.4. The number of aliphatic hydroxyl groups is 1. The van der Waals surface area contributed by atoms with Gasteiger partial charge in [-0.05, 0) is 117 Å². The number of hydrogen-bond donors (Lipinski definition) is 3. The van der Waals surface area contributed by atoms with Crippen LogP contribution >= 0.6 is 11.6 Å². The number of hydrogen-bond acceptors (Lipinski definition) is 6. The molecular formula is C34H46ClN3O4S. The van der Waals surface area contributed by atoms with Gasteiger partial charge in [0.2, 0.25) is 0 Å². The molecule has 2 bridgehead atoms. The van der Waals surface area contributed by atoms with Gasteiger partial charge in [-0.15, -0.1) is 0 Å². The van der Waals surface area contributed by atoms with E-state index in [0.717, 1.165) is 74.5 Å². The Balaban J connectivity index is 1.43. The molecule has 1 spiro atoms. The maximum atomic E-state index is 13.7. The highest BCUT2D eigenvalue weighted by molar-refractivity contribution is 7.99. The molecule has 0 radical (unpaired) electrons. The van der Waals surface area contributed by atoms with Gasteiger partial charge in [-0.25, -0.2) is 4.21 Å². The first kappa shape index (κ1) is 30.8. The highest BCUT2D eigenvalue weighted by Gasteiger charge is 2.48. The van der Waals surface area contributed by atoms with E-state index >= 15 is 0 Å². The Labute approximate surface area is 261 Å². The van der Waals surface area contributed by atoms with Crippen molar-refractivity contribution >= 4 is 38.8 Å². The second-order valence-electron chi connectivity index (χ2n) is 13.8. The number of halogens is 1. The fraction of sp³-hybridized carbons (Fsp3) is 0.588. The number of nitrogens with one attached hydrogen (secondary N) is 1. The van der Waals surface area contributed by atoms with Crippen LogP contribution in [0.3, 0.4) is 0 Å². The number of rotatable bonds is 1. The van der Waals surface area contributed by atoms with Gasteiger partial charge in [0.05, 0.1) is 27.6 Å². The van der Waals surface area contributed by atoms with Crippen molar-refractivity contribution in [2.24, 2.45) is 23.5 Å². The fourth-order valence-electron chi connectivity index (χ4n) is 8.12. The van der Waals surface area contributed by atoms with Gasteiger partial charge >= 0.3 is 0 Å². The van der Waals surface area contributed by atoms with E-state index in [1.54, 1.807) is 6.07 Å². The molecule has 0 aromatic heterocycles. The summed E-state index contributed by atoms with van der Waals surface area (Å²) < 4.78 is 23.1. The summed E-state index contributed by atoms with van der Waals surface area (Å²) in [5, 5.41) is 12.3. The second-order valence-corrected chi connectivity index (χ2v) is 16.6. The Morgan fingerprint density at radius 3 is 2.72 bits per heavy atom. The SMILES string of the molecule is C=S1(=O)NC(=O)c2ccc3c(c2)N(C[C@@H]2CC[C@H]2[C@@](O)(CN)CCC[C@H](C)[C@H]1C)C[C@@]1(CCCc2cc(Cl)ccc21)CO3. The molecule has 7 atom stereocenters. The monoisotopic (exact) mass is 627 g/mol. The summed E-state index contributed by atoms with van der Waals surface area (Å²) in [4.78, 5) is 15.9. The van der Waals surface area contributed by atoms with E-state index in [0.29, 0.717) is 18.6 Å². The lowest BCUT2D eigenvalue weighted by atomic mass is 9.63. The Hall–Kier alpha value is -2.26. The first-order valence-corrected chi connectivity index (χ1v) is 18.0. The molecule has 2 aromatic carbocycles. The molecule has 9 heteroatoms. The van der Waals surface area contributed by atoms with Crippen LogP contribution in [0.4, 0.5) is 5.69 Å². The van der Waals surface area contributed by atoms with Crippen molar-refractivity contribution in [2.45, 2.75) is 81.5 Å². The van der Waals surface area contributed by atoms with Crippen LogP contribution in [-0.4, -0.2) is 58.2 Å². The summed E-state index contributed by atoms with van der Waals surface area (Å²) in [6.07, 6.45) is 7.15. The van der Waals surface area contributed by atoms with Gasteiger partial charge in [0.25, 0.3) is 5.91 Å². The number of fused-ring (bicyclic) bond motifs is 4. The van der Waals surface area contributed by atoms with Crippen LogP contribution < -0.4 is 20.1 Å². The zero-order valence-electron chi connectivity index (χ0n) is 25.4. The predicted octanol–water partition coefficient (Wildman–Crippen LogP) is 5.10. The summed E-state index contributed by atoms with van der Waals surface area (Å²) in [5.41, 5.74) is 8.95. The zero-order valence-corrected chi connectivity index (χ0v) is 27.0. The lowest BCUT2D eigenvalue weighted by molar-refractivity contribution is -0.0814. The quantitative estimate of drug-likeness (QED) is 0.380. The number of carbonyl (C=O) groups is 1. The predicted molar refractivity (Wildman–Crippen MR) is 176 cm³/mol. The largest absolute Gasteiger partial charge is 0.490 e. The molecular weight excluding hydrogens is 582 g/mol. The maximum Gasteiger partial charge on any atom is 0.262 e. The average molecular weight is 628 g/mol. The Morgan fingerprint density at radius 2 is 1.98 bits per heavy atom. The van der Waals surface area contributed by atoms with E-state index in [1.807, 2.05) is 32.0 Å². The van der Waals surface area contributed by atoms with Crippen molar-refractivity contribution in [2.75, 3.05) is 31.1 Å². The van der Waals surface area contributed by atoms with Crippen molar-refractivity contribution in [3.8, 4) is 5.75 Å². The van der Waals surface area contributed by atoms with E-state index in [2.05, 4.69) is 27.6 Å². The van der Waals surface area contributed by atoms with Gasteiger partial charge < -0.3 is 20.5 Å². The number of aryl methyl sites for hydroxylation is 1. The number of benzene rings is 2. The van der Waals surface area contributed by atoms with Crippen LogP contribution in [0, 0.1) is 17.8 Å². The molecule has 4 aliphatic rings. The third kappa shape index (κ3) is 5.69. The molecule has 4 N–H and O–H groups in total. The third-order valence-corrected chi connectivity index (χ3v) is 13.6. The number of nitrogens with two attached hydrogens (primary N) is 1. The van der Waals surface area contributed by atoms with Gasteiger partial charge in [-0.1, -0.05) is 31.0 Å². The number of anilines is 1. The molecule has 43 heavy (non-hydrogen) atoms. The fourth-order valence-corrected chi connectivity index (χ4v) is 9.82. The Morgan fingerprint density at radius 1 is 1.16 bits per heavy atom. The number of carbonyl (C=O) groups excluding carboxylic acids is 1. The Bertz CT molecular complexity index is 1500. The van der Waals surface area contributed by atoms with Crippen LogP contribution in [0.5, 0.6) is 5.75 Å². The molecule has 1 amide bonds. The summed E-state index contributed by atoms with van der Waals surface area (Å²) in [5.74, 6) is 4.74. The van der Waals surface area contributed by atoms with Crippen molar-refractivity contribution in [1.29, 1.82) is 0 Å². The zero-order chi connectivity index (χ0) is 30.6. The van der Waals surface area contributed by atoms with E-state index in [1.165, 1.54) is 11.1 Å². The van der Waals surface area contributed by atoms with Crippen LogP contribution in [0.25, 0.3) is 0 Å². The van der Waals surface area contributed by atoms with E-state index < -0.39 is 15.3 Å². The third-order valence-electron chi connectivity index (χ3n) is 11.2. The minimum absolute atomic E-state index is 0.0535. The first-order valence-electron chi connectivity index (χ1n) is 15.9. The maximum absolute atomic E-state index is 13.7. The van der Waals surface area contributed by atoms with Crippen molar-refractivity contribution in [3.05, 3.63) is 58.1 Å². The van der Waals surface area contributed by atoms with Crippen molar-refractivity contribution in [1.82, 2.24) is 4.72 Å². The highest BCUT2D eigenvalue weighted by Crippen LogP contribution is 2.48. The Kier molecular flexibility index (Phi) is 8.29. The standard InChI is InChI=1S/C34H46ClN3O4S/c1-22-6-4-15-34(40,19-36)29-11-8-26(29)18-38-20-33(14-5-7-24-16-27(35)10-12-28(24)33)21-42-31-13-9-25(17-30(31)38)32(39)37-43(3,41)23(22)2/h9-10,12-13,16-17,22-23,26,29,40H,3-8,11,14-15,18-21,36H2,1-2H3,(H,37,39,41)/t22-,23+,26-,29+,33-,34-,43?/m0/s1. The molecule has 7 nitrogen and oxygen atoms in total. The van der Waals surface area contributed by atoms with Crippen molar-refractivity contribution in [3.63, 3.8) is 0 Å². The minimum atomic E-state index is -2.92. The molecule has 1 saturated carbocycles. The summed E-state index contributed by atoms with van der Waals surface area (Å²) in [6.45, 7) is 6.15. The van der Waals surface area contributed by atoms with E-state index in [-0.39, 0.29) is 40.9 Å². The van der Waals surface area contributed by atoms with Gasteiger partial charge in [-0.2, -0.15) is 0 Å². The molecule has 2 heterocycles. The van der Waals surface area contributed by atoms with Crippen LogP contribution in [0.1, 0.15) is 80.3 Å².